The molecule has 7 nitrogen and oxygen atoms in total. The average molecular weight is 533 g/mol. The van der Waals surface area contributed by atoms with E-state index in [1.165, 1.54) is 0 Å². The Kier molecular flexibility index (Phi) is 9.98. The monoisotopic (exact) mass is 532 g/mol. The summed E-state index contributed by atoms with van der Waals surface area (Å²) in [5.41, 5.74) is 7.73. The smallest absolute Gasteiger partial charge is 0.335 e. The average Bonchev–Trinajstić information content (AvgIpc) is 2.86. The molecule has 0 spiro atoms. The van der Waals surface area contributed by atoms with E-state index in [9.17, 15) is 15.0 Å². The number of aromatic carboxylic acids is 1. The zero-order valence-electron chi connectivity index (χ0n) is 19.8. The van der Waals surface area contributed by atoms with Crippen molar-refractivity contribution in [2.45, 2.75) is 31.6 Å². The molecule has 36 heavy (non-hydrogen) atoms. The summed E-state index contributed by atoms with van der Waals surface area (Å²) in [5.74, 6) is -0.331. The van der Waals surface area contributed by atoms with Crippen LogP contribution in [-0.4, -0.2) is 58.0 Å². The number of hydrogen-bond donors (Lipinski definition) is 4. The molecular formula is C27H30Cl2N2O5. The number of hydrogen-bond acceptors (Lipinski definition) is 6. The van der Waals surface area contributed by atoms with Gasteiger partial charge in [-0.15, -0.1) is 0 Å². The summed E-state index contributed by atoms with van der Waals surface area (Å²) in [6, 6.07) is 18.9. The maximum absolute atomic E-state index is 11.2. The van der Waals surface area contributed by atoms with E-state index < -0.39 is 18.2 Å². The number of rotatable bonds is 12. The van der Waals surface area contributed by atoms with E-state index in [-0.39, 0.29) is 47.0 Å². The highest BCUT2D eigenvalue weighted by atomic mass is 35.5. The van der Waals surface area contributed by atoms with E-state index in [2.05, 4.69) is 0 Å². The van der Waals surface area contributed by atoms with Crippen molar-refractivity contribution in [2.24, 2.45) is 0 Å². The molecule has 0 saturated carbocycles. The molecule has 3 aromatic carbocycles. The number of halogens is 2. The molecule has 0 aromatic heterocycles. The molecule has 192 valence electrons. The lowest BCUT2D eigenvalue weighted by Crippen LogP contribution is -2.44. The summed E-state index contributed by atoms with van der Waals surface area (Å²) in [6.07, 6.45) is -1.20. The number of carboxylic acids is 1. The Morgan fingerprint density at radius 3 is 2.19 bits per heavy atom. The van der Waals surface area contributed by atoms with Gasteiger partial charge in [0.15, 0.2) is 0 Å². The summed E-state index contributed by atoms with van der Waals surface area (Å²) in [4.78, 5) is 13.1. The van der Waals surface area contributed by atoms with Gasteiger partial charge in [0.2, 0.25) is 0 Å². The van der Waals surface area contributed by atoms with Gasteiger partial charge in [0.1, 0.15) is 18.5 Å². The van der Waals surface area contributed by atoms with Crippen molar-refractivity contribution in [3.05, 3.63) is 93.5 Å². The molecule has 5 N–H and O–H groups in total. The van der Waals surface area contributed by atoms with E-state index >= 15 is 0 Å². The maximum atomic E-state index is 11.2. The fraction of sp³-hybridized carbons (Fsp3) is 0.296. The highest BCUT2D eigenvalue weighted by molar-refractivity contribution is 6.38. The van der Waals surface area contributed by atoms with Crippen LogP contribution in [0, 0.1) is 0 Å². The third kappa shape index (κ3) is 7.85. The van der Waals surface area contributed by atoms with Crippen LogP contribution in [0.15, 0.2) is 66.7 Å². The standard InChI is InChI=1S/C27H30Cl2N2O5/c1-17(11-18-7-9-19(10-8-18)27(34)35)31(14-21(32)16-36-22-5-3-2-4-6-22)15-25(33)20-12-23(28)26(30)24(29)13-20/h2-10,12-13,17,21,25,32-33H,11,14-16,30H2,1H3,(H,34,35)/t17-,21+,25?/m1/s1. The zero-order chi connectivity index (χ0) is 26.2. The van der Waals surface area contributed by atoms with Crippen molar-refractivity contribution in [3.63, 3.8) is 0 Å². The van der Waals surface area contributed by atoms with Gasteiger partial charge in [-0.2, -0.15) is 0 Å². The van der Waals surface area contributed by atoms with Crippen LogP contribution in [0.1, 0.15) is 34.5 Å². The molecule has 0 radical (unpaired) electrons. The Balaban J connectivity index is 1.73. The van der Waals surface area contributed by atoms with Gasteiger partial charge in [-0.1, -0.05) is 53.5 Å². The maximum Gasteiger partial charge on any atom is 0.335 e. The highest BCUT2D eigenvalue weighted by Crippen LogP contribution is 2.31. The van der Waals surface area contributed by atoms with Crippen LogP contribution in [-0.2, 0) is 6.42 Å². The molecule has 3 atom stereocenters. The van der Waals surface area contributed by atoms with E-state index in [4.69, 9.17) is 38.8 Å². The van der Waals surface area contributed by atoms with Crippen molar-refractivity contribution in [1.82, 2.24) is 4.90 Å². The van der Waals surface area contributed by atoms with Crippen molar-refractivity contribution in [1.29, 1.82) is 0 Å². The van der Waals surface area contributed by atoms with Gasteiger partial charge in [0.25, 0.3) is 0 Å². The van der Waals surface area contributed by atoms with E-state index in [0.29, 0.717) is 17.7 Å². The lowest BCUT2D eigenvalue weighted by molar-refractivity contribution is 0.0291. The Bertz CT molecular complexity index is 1120. The van der Waals surface area contributed by atoms with Crippen LogP contribution in [0.25, 0.3) is 0 Å². The second kappa shape index (κ2) is 12.9. The predicted octanol–water partition coefficient (Wildman–Crippen LogP) is 4.68. The minimum atomic E-state index is -0.985. The van der Waals surface area contributed by atoms with Gasteiger partial charge in [-0.05, 0) is 60.9 Å². The van der Waals surface area contributed by atoms with Crippen LogP contribution in [0.2, 0.25) is 10.0 Å². The summed E-state index contributed by atoms with van der Waals surface area (Å²) >= 11 is 12.3. The predicted molar refractivity (Wildman–Crippen MR) is 142 cm³/mol. The van der Waals surface area contributed by atoms with Crippen LogP contribution in [0.5, 0.6) is 5.75 Å². The molecule has 3 rings (SSSR count). The number of benzene rings is 3. The zero-order valence-corrected chi connectivity index (χ0v) is 21.4. The fourth-order valence-electron chi connectivity index (χ4n) is 3.84. The Hall–Kier alpha value is -2.81. The first-order valence-corrected chi connectivity index (χ1v) is 12.2. The van der Waals surface area contributed by atoms with Gasteiger partial charge >= 0.3 is 5.97 Å². The molecule has 0 amide bonds. The third-order valence-electron chi connectivity index (χ3n) is 5.88. The quantitative estimate of drug-likeness (QED) is 0.250. The molecule has 9 heteroatoms. The molecule has 3 aromatic rings. The van der Waals surface area contributed by atoms with E-state index in [1.54, 1.807) is 36.4 Å². The minimum absolute atomic E-state index is 0.0795. The number of nitrogens with two attached hydrogens (primary N) is 1. The van der Waals surface area contributed by atoms with Crippen LogP contribution in [0.3, 0.4) is 0 Å². The van der Waals surface area contributed by atoms with Gasteiger partial charge in [-0.25, -0.2) is 4.79 Å². The normalized spacial score (nSPS) is 13.8. The van der Waals surface area contributed by atoms with Crippen molar-refractivity contribution in [3.8, 4) is 5.75 Å². The molecule has 0 aliphatic heterocycles. The van der Waals surface area contributed by atoms with Gasteiger partial charge in [0, 0.05) is 19.1 Å². The van der Waals surface area contributed by atoms with E-state index in [1.807, 2.05) is 42.2 Å². The lowest BCUT2D eigenvalue weighted by Gasteiger charge is -2.33. The number of nitrogen functional groups attached to an aromatic ring is 1. The molecule has 0 saturated heterocycles. The van der Waals surface area contributed by atoms with Gasteiger partial charge in [-0.3, -0.25) is 4.90 Å². The first-order valence-electron chi connectivity index (χ1n) is 11.5. The first kappa shape index (κ1) is 27.8. The van der Waals surface area contributed by atoms with Crippen LogP contribution >= 0.6 is 23.2 Å². The van der Waals surface area contributed by atoms with Gasteiger partial charge in [0.05, 0.1) is 27.4 Å². The van der Waals surface area contributed by atoms with Crippen molar-refractivity contribution >= 4 is 34.9 Å². The third-order valence-corrected chi connectivity index (χ3v) is 6.51. The number of anilines is 1. The largest absolute Gasteiger partial charge is 0.491 e. The Labute approximate surface area is 220 Å². The topological polar surface area (TPSA) is 116 Å². The van der Waals surface area contributed by atoms with E-state index in [0.717, 1.165) is 5.56 Å². The van der Waals surface area contributed by atoms with Gasteiger partial charge < -0.3 is 25.8 Å². The summed E-state index contributed by atoms with van der Waals surface area (Å²) in [5, 5.41) is 31.4. The second-order valence-electron chi connectivity index (χ2n) is 8.70. The highest BCUT2D eigenvalue weighted by Gasteiger charge is 2.23. The molecule has 1 unspecified atom stereocenters. The molecule has 0 aliphatic rings. The van der Waals surface area contributed by atoms with Crippen molar-refractivity contribution in [2.75, 3.05) is 25.4 Å². The number of para-hydroxylation sites is 1. The molecule has 0 bridgehead atoms. The number of carbonyl (C=O) groups is 1. The van der Waals surface area contributed by atoms with Crippen LogP contribution in [0.4, 0.5) is 5.69 Å². The molecule has 0 fully saturated rings. The number of carboxylic acid groups (broad SMARTS) is 1. The minimum Gasteiger partial charge on any atom is -0.491 e. The van der Waals surface area contributed by atoms with Crippen molar-refractivity contribution < 1.29 is 24.9 Å². The number of aliphatic hydroxyl groups is 2. The summed E-state index contributed by atoms with van der Waals surface area (Å²) in [7, 11) is 0. The fourth-order valence-corrected chi connectivity index (χ4v) is 4.35. The molecule has 0 aliphatic carbocycles. The lowest BCUT2D eigenvalue weighted by atomic mass is 10.0. The SMILES string of the molecule is C[C@H](Cc1ccc(C(=O)O)cc1)N(CC(O)c1cc(Cl)c(N)c(Cl)c1)C[C@H](O)COc1ccccc1. The van der Waals surface area contributed by atoms with Crippen LogP contribution < -0.4 is 10.5 Å². The number of aliphatic hydroxyl groups excluding tert-OH is 2. The number of nitrogens with zero attached hydrogens (tertiary/aromatic N) is 1. The molecule has 0 heterocycles. The second-order valence-corrected chi connectivity index (χ2v) is 9.52. The molecular weight excluding hydrogens is 503 g/mol. The Morgan fingerprint density at radius 2 is 1.61 bits per heavy atom. The summed E-state index contributed by atoms with van der Waals surface area (Å²) in [6.45, 7) is 2.48. The Morgan fingerprint density at radius 1 is 1.00 bits per heavy atom. The number of ether oxygens (including phenoxy) is 1. The first-order chi connectivity index (χ1) is 17.1. The summed E-state index contributed by atoms with van der Waals surface area (Å²) < 4.78 is 5.69.